The normalized spacial score (nSPS) is 39.5. The maximum absolute atomic E-state index is 12.8. The standard InChI is InChI=1S/C20H31F3O3S/c1-4-6-14-13(5-2)7-8-16-15(14)11-12-19(3)17(16)9-10-18(19)26-27(24,25)20(21,22)23/h10,13-17H,4-9,11-12H2,1-3H3. The highest BCUT2D eigenvalue weighted by atomic mass is 32.2. The molecule has 2 fully saturated rings. The van der Waals surface area contributed by atoms with Crippen LogP contribution in [0.25, 0.3) is 0 Å². The fraction of sp³-hybridized carbons (Fsp3) is 0.900. The smallest absolute Gasteiger partial charge is 0.380 e. The first-order chi connectivity index (χ1) is 12.5. The van der Waals surface area contributed by atoms with Gasteiger partial charge in [-0.05, 0) is 67.8 Å². The Morgan fingerprint density at radius 3 is 2.48 bits per heavy atom. The Bertz CT molecular complexity index is 685. The van der Waals surface area contributed by atoms with Crippen LogP contribution in [0, 0.1) is 35.0 Å². The minimum absolute atomic E-state index is 0.0212. The molecular weight excluding hydrogens is 377 g/mol. The van der Waals surface area contributed by atoms with E-state index in [2.05, 4.69) is 18.0 Å². The maximum Gasteiger partial charge on any atom is 0.534 e. The van der Waals surface area contributed by atoms with Gasteiger partial charge in [0.25, 0.3) is 0 Å². The first-order valence-corrected chi connectivity index (χ1v) is 11.7. The van der Waals surface area contributed by atoms with Crippen LogP contribution in [-0.2, 0) is 14.3 Å². The highest BCUT2D eigenvalue weighted by Gasteiger charge is 2.57. The van der Waals surface area contributed by atoms with Crippen molar-refractivity contribution < 1.29 is 25.8 Å². The minimum atomic E-state index is -5.60. The van der Waals surface area contributed by atoms with Crippen molar-refractivity contribution in [1.29, 1.82) is 0 Å². The van der Waals surface area contributed by atoms with Gasteiger partial charge in [0.15, 0.2) is 0 Å². The second kappa shape index (κ2) is 7.27. The molecule has 0 aromatic rings. The van der Waals surface area contributed by atoms with Gasteiger partial charge in [-0.25, -0.2) is 0 Å². The molecule has 3 aliphatic rings. The van der Waals surface area contributed by atoms with Crippen LogP contribution in [0.15, 0.2) is 11.8 Å². The van der Waals surface area contributed by atoms with E-state index < -0.39 is 21.0 Å². The Hall–Kier alpha value is -0.720. The Morgan fingerprint density at radius 1 is 1.19 bits per heavy atom. The van der Waals surface area contributed by atoms with Crippen LogP contribution >= 0.6 is 0 Å². The van der Waals surface area contributed by atoms with E-state index in [9.17, 15) is 21.6 Å². The maximum atomic E-state index is 12.8. The third-order valence-electron chi connectivity index (χ3n) is 7.66. The molecule has 0 heterocycles. The van der Waals surface area contributed by atoms with Gasteiger partial charge in [0, 0.05) is 5.41 Å². The molecule has 0 radical (unpaired) electrons. The molecule has 156 valence electrons. The monoisotopic (exact) mass is 408 g/mol. The number of alkyl halides is 3. The van der Waals surface area contributed by atoms with Gasteiger partial charge in [-0.1, -0.05) is 40.0 Å². The highest BCUT2D eigenvalue weighted by Crippen LogP contribution is 2.62. The molecule has 0 bridgehead atoms. The van der Waals surface area contributed by atoms with Crippen LogP contribution < -0.4 is 0 Å². The van der Waals surface area contributed by atoms with Crippen LogP contribution in [0.4, 0.5) is 13.2 Å². The predicted octanol–water partition coefficient (Wildman–Crippen LogP) is 6.03. The molecule has 3 aliphatic carbocycles. The molecule has 0 amide bonds. The zero-order valence-electron chi connectivity index (χ0n) is 16.4. The summed E-state index contributed by atoms with van der Waals surface area (Å²) in [6.45, 7) is 6.37. The van der Waals surface area contributed by atoms with E-state index in [1.54, 1.807) is 6.08 Å². The van der Waals surface area contributed by atoms with E-state index in [0.717, 1.165) is 25.2 Å². The van der Waals surface area contributed by atoms with Crippen LogP contribution in [0.2, 0.25) is 0 Å². The Morgan fingerprint density at radius 2 is 1.89 bits per heavy atom. The molecule has 0 aliphatic heterocycles. The molecular formula is C20H31F3O3S. The first kappa shape index (κ1) is 21.0. The van der Waals surface area contributed by atoms with E-state index in [1.165, 1.54) is 19.3 Å². The molecule has 2 saturated carbocycles. The molecule has 3 rings (SSSR count). The number of rotatable bonds is 5. The van der Waals surface area contributed by atoms with Gasteiger partial charge in [-0.3, -0.25) is 0 Å². The summed E-state index contributed by atoms with van der Waals surface area (Å²) in [6.07, 6.45) is 9.70. The lowest BCUT2D eigenvalue weighted by Gasteiger charge is -2.53. The van der Waals surface area contributed by atoms with Crippen LogP contribution in [0.1, 0.15) is 72.1 Å². The minimum Gasteiger partial charge on any atom is -0.380 e. The molecule has 27 heavy (non-hydrogen) atoms. The summed E-state index contributed by atoms with van der Waals surface area (Å²) in [5, 5.41) is 0. The van der Waals surface area contributed by atoms with Gasteiger partial charge in [0.1, 0.15) is 5.76 Å². The number of halogens is 3. The van der Waals surface area contributed by atoms with Gasteiger partial charge in [0.2, 0.25) is 0 Å². The Kier molecular flexibility index (Phi) is 5.65. The second-order valence-corrected chi connectivity index (χ2v) is 10.4. The van der Waals surface area contributed by atoms with Gasteiger partial charge < -0.3 is 4.18 Å². The summed E-state index contributed by atoms with van der Waals surface area (Å²) >= 11 is 0. The number of hydrogen-bond donors (Lipinski definition) is 0. The average molecular weight is 409 g/mol. The summed E-state index contributed by atoms with van der Waals surface area (Å²) in [7, 11) is -5.60. The second-order valence-electron chi connectivity index (χ2n) is 8.88. The number of allylic oxidation sites excluding steroid dienone is 2. The molecule has 7 heteroatoms. The summed E-state index contributed by atoms with van der Waals surface area (Å²) in [6, 6.07) is 0. The van der Waals surface area contributed by atoms with Crippen molar-refractivity contribution in [2.24, 2.45) is 35.0 Å². The van der Waals surface area contributed by atoms with Gasteiger partial charge in [-0.2, -0.15) is 21.6 Å². The molecule has 0 spiro atoms. The lowest BCUT2D eigenvalue weighted by molar-refractivity contribution is -0.0597. The van der Waals surface area contributed by atoms with E-state index in [4.69, 9.17) is 0 Å². The zero-order valence-corrected chi connectivity index (χ0v) is 17.2. The van der Waals surface area contributed by atoms with E-state index in [0.29, 0.717) is 30.6 Å². The van der Waals surface area contributed by atoms with Crippen LogP contribution in [0.5, 0.6) is 0 Å². The lowest BCUT2D eigenvalue weighted by Crippen LogP contribution is -2.47. The van der Waals surface area contributed by atoms with Gasteiger partial charge in [0.05, 0.1) is 0 Å². The third kappa shape index (κ3) is 3.53. The largest absolute Gasteiger partial charge is 0.534 e. The summed E-state index contributed by atoms with van der Waals surface area (Å²) in [4.78, 5) is 0. The summed E-state index contributed by atoms with van der Waals surface area (Å²) < 4.78 is 66.1. The van der Waals surface area contributed by atoms with Crippen molar-refractivity contribution in [2.45, 2.75) is 77.6 Å². The first-order valence-electron chi connectivity index (χ1n) is 10.3. The van der Waals surface area contributed by atoms with E-state index in [1.807, 2.05) is 6.92 Å². The van der Waals surface area contributed by atoms with Crippen molar-refractivity contribution in [3.63, 3.8) is 0 Å². The SMILES string of the molecule is CCCC1C(CC)CCC2C1CCC1(C)C(OS(=O)(=O)C(F)(F)F)=CCC21. The number of hydrogen-bond acceptors (Lipinski definition) is 3. The highest BCUT2D eigenvalue weighted by molar-refractivity contribution is 7.87. The average Bonchev–Trinajstić information content (AvgIpc) is 2.90. The van der Waals surface area contributed by atoms with E-state index >= 15 is 0 Å². The lowest BCUT2D eigenvalue weighted by atomic mass is 9.51. The summed E-state index contributed by atoms with van der Waals surface area (Å²) in [5.41, 5.74) is -5.99. The van der Waals surface area contributed by atoms with Crippen LogP contribution in [-0.4, -0.2) is 13.9 Å². The van der Waals surface area contributed by atoms with Crippen molar-refractivity contribution in [3.05, 3.63) is 11.8 Å². The van der Waals surface area contributed by atoms with Crippen LogP contribution in [0.3, 0.4) is 0 Å². The van der Waals surface area contributed by atoms with Crippen molar-refractivity contribution >= 4 is 10.1 Å². The molecule has 0 aromatic carbocycles. The van der Waals surface area contributed by atoms with Gasteiger partial charge in [-0.15, -0.1) is 0 Å². The quantitative estimate of drug-likeness (QED) is 0.412. The third-order valence-corrected chi connectivity index (χ3v) is 8.62. The molecule has 0 N–H and O–H groups in total. The molecule has 6 unspecified atom stereocenters. The molecule has 6 atom stereocenters. The van der Waals surface area contributed by atoms with Crippen molar-refractivity contribution in [3.8, 4) is 0 Å². The molecule has 3 nitrogen and oxygen atoms in total. The Labute approximate surface area is 160 Å². The van der Waals surface area contributed by atoms with Gasteiger partial charge >= 0.3 is 15.6 Å². The number of fused-ring (bicyclic) bond motifs is 3. The topological polar surface area (TPSA) is 43.4 Å². The molecule has 0 aromatic heterocycles. The van der Waals surface area contributed by atoms with Crippen molar-refractivity contribution in [1.82, 2.24) is 0 Å². The summed E-state index contributed by atoms with van der Waals surface area (Å²) in [5.74, 6) is 2.70. The van der Waals surface area contributed by atoms with Crippen molar-refractivity contribution in [2.75, 3.05) is 0 Å². The fourth-order valence-corrected chi connectivity index (χ4v) is 6.94. The predicted molar refractivity (Wildman–Crippen MR) is 98.0 cm³/mol. The molecule has 0 saturated heterocycles. The van der Waals surface area contributed by atoms with E-state index in [-0.39, 0.29) is 11.7 Å². The Balaban J connectivity index is 1.81. The zero-order chi connectivity index (χ0) is 20.0. The fourth-order valence-electron chi connectivity index (χ4n) is 6.35.